The Balaban J connectivity index is 2.04. The lowest BCUT2D eigenvalue weighted by Gasteiger charge is -2.06. The summed E-state index contributed by atoms with van der Waals surface area (Å²) < 4.78 is 15.2. The Labute approximate surface area is 147 Å². The first kappa shape index (κ1) is 18.5. The molecule has 0 aliphatic carbocycles. The van der Waals surface area contributed by atoms with Crippen molar-refractivity contribution in [3.05, 3.63) is 40.6 Å². The summed E-state index contributed by atoms with van der Waals surface area (Å²) in [6.45, 7) is 3.44. The zero-order valence-corrected chi connectivity index (χ0v) is 14.4. The summed E-state index contributed by atoms with van der Waals surface area (Å²) in [5, 5.41) is 16.9. The first-order valence-corrected chi connectivity index (χ1v) is 8.11. The Morgan fingerprint density at radius 3 is 2.56 bits per heavy atom. The van der Waals surface area contributed by atoms with Gasteiger partial charge in [0.2, 0.25) is 5.89 Å². The van der Waals surface area contributed by atoms with Crippen LogP contribution in [-0.4, -0.2) is 40.5 Å². The van der Waals surface area contributed by atoms with Crippen LogP contribution < -0.4 is 4.74 Å². The molecule has 0 amide bonds. The van der Waals surface area contributed by atoms with Crippen LogP contribution in [0.5, 0.6) is 5.75 Å². The molecule has 2 aromatic rings. The number of carbonyl (C=O) groups excluding carboxylic acids is 1. The van der Waals surface area contributed by atoms with Crippen molar-refractivity contribution in [2.75, 3.05) is 13.2 Å². The molecule has 0 unspecified atom stereocenters. The summed E-state index contributed by atoms with van der Waals surface area (Å²) in [6.07, 6.45) is 1.47. The zero-order valence-electron chi connectivity index (χ0n) is 13.6. The fraction of sp³-hybridized carbons (Fsp3) is 0.250. The van der Waals surface area contributed by atoms with E-state index in [1.165, 1.54) is 6.08 Å². The number of thioether (sulfide) groups is 1. The van der Waals surface area contributed by atoms with Crippen LogP contribution in [0.3, 0.4) is 0 Å². The number of carboxylic acids is 1. The van der Waals surface area contributed by atoms with Crippen molar-refractivity contribution in [3.8, 4) is 5.75 Å². The van der Waals surface area contributed by atoms with Crippen LogP contribution in [0.25, 0.3) is 6.08 Å². The number of aromatic nitrogens is 2. The van der Waals surface area contributed by atoms with Crippen LogP contribution in [0.4, 0.5) is 0 Å². The van der Waals surface area contributed by atoms with Gasteiger partial charge < -0.3 is 19.0 Å². The van der Waals surface area contributed by atoms with Crippen LogP contribution in [0.15, 0.2) is 38.8 Å². The summed E-state index contributed by atoms with van der Waals surface area (Å²) in [4.78, 5) is 22.6. The third kappa shape index (κ3) is 5.96. The molecule has 0 fully saturated rings. The van der Waals surface area contributed by atoms with Gasteiger partial charge in [-0.05, 0) is 42.5 Å². The minimum atomic E-state index is -1.11. The third-order valence-corrected chi connectivity index (χ3v) is 3.61. The van der Waals surface area contributed by atoms with Crippen molar-refractivity contribution in [1.29, 1.82) is 0 Å². The second kappa shape index (κ2) is 8.88. The van der Waals surface area contributed by atoms with Crippen LogP contribution >= 0.6 is 11.8 Å². The molecule has 0 spiro atoms. The summed E-state index contributed by atoms with van der Waals surface area (Å²) in [6, 6.07) is 6.60. The average Bonchev–Trinajstić information content (AvgIpc) is 2.99. The Morgan fingerprint density at radius 1 is 1.28 bits per heavy atom. The van der Waals surface area contributed by atoms with Gasteiger partial charge in [-0.15, -0.1) is 10.2 Å². The number of rotatable bonds is 8. The quantitative estimate of drug-likeness (QED) is 0.429. The Bertz CT molecular complexity index is 769. The van der Waals surface area contributed by atoms with E-state index in [1.807, 2.05) is 0 Å². The first-order valence-electron chi connectivity index (χ1n) is 7.29. The molecule has 0 atom stereocenters. The molecule has 0 aliphatic heterocycles. The number of carbonyl (C=O) groups is 2. The molecule has 9 heteroatoms. The van der Waals surface area contributed by atoms with Crippen molar-refractivity contribution in [2.24, 2.45) is 0 Å². The van der Waals surface area contributed by atoms with E-state index in [4.69, 9.17) is 13.9 Å². The number of aryl methyl sites for hydroxylation is 1. The molecule has 1 aromatic carbocycles. The Morgan fingerprint density at radius 2 is 2.00 bits per heavy atom. The van der Waals surface area contributed by atoms with Gasteiger partial charge in [0.25, 0.3) is 5.22 Å². The molecule has 1 N–H and O–H groups in total. The van der Waals surface area contributed by atoms with Gasteiger partial charge in [0.15, 0.2) is 6.61 Å². The van der Waals surface area contributed by atoms with Gasteiger partial charge >= 0.3 is 11.9 Å². The molecule has 0 bridgehead atoms. The minimum Gasteiger partial charge on any atom is -0.482 e. The number of carboxylic acid groups (broad SMARTS) is 1. The first-order chi connectivity index (χ1) is 12.0. The summed E-state index contributed by atoms with van der Waals surface area (Å²) >= 11 is 0.865. The largest absolute Gasteiger partial charge is 0.482 e. The highest BCUT2D eigenvalue weighted by atomic mass is 32.2. The highest BCUT2D eigenvalue weighted by molar-refractivity contribution is 8.03. The summed E-state index contributed by atoms with van der Waals surface area (Å²) in [5.41, 5.74) is 0.643. The van der Waals surface area contributed by atoms with E-state index in [0.717, 1.165) is 11.8 Å². The maximum Gasteiger partial charge on any atom is 0.344 e. The van der Waals surface area contributed by atoms with Crippen molar-refractivity contribution in [1.82, 2.24) is 10.2 Å². The van der Waals surface area contributed by atoms with Gasteiger partial charge in [-0.25, -0.2) is 9.59 Å². The number of hydrogen-bond donors (Lipinski definition) is 1. The van der Waals surface area contributed by atoms with Crippen LogP contribution in [0.1, 0.15) is 18.4 Å². The van der Waals surface area contributed by atoms with Crippen molar-refractivity contribution in [3.63, 3.8) is 0 Å². The fourth-order valence-corrected chi connectivity index (χ4v) is 2.42. The van der Waals surface area contributed by atoms with E-state index in [1.54, 1.807) is 38.1 Å². The molecule has 132 valence electrons. The second-order valence-corrected chi connectivity index (χ2v) is 5.66. The second-order valence-electron chi connectivity index (χ2n) is 4.67. The van der Waals surface area contributed by atoms with E-state index in [9.17, 15) is 14.7 Å². The maximum absolute atomic E-state index is 11.4. The van der Waals surface area contributed by atoms with E-state index in [2.05, 4.69) is 10.2 Å². The summed E-state index contributed by atoms with van der Waals surface area (Å²) in [5.74, 6) is -0.730. The molecular formula is C16H16N2O6S. The van der Waals surface area contributed by atoms with Gasteiger partial charge in [-0.1, -0.05) is 12.1 Å². The predicted octanol–water partition coefficient (Wildman–Crippen LogP) is 2.54. The Hall–Kier alpha value is -2.81. The molecule has 2 rings (SSSR count). The molecule has 1 heterocycles. The number of esters is 1. The molecule has 25 heavy (non-hydrogen) atoms. The van der Waals surface area contributed by atoms with Crippen LogP contribution in [0.2, 0.25) is 0 Å². The van der Waals surface area contributed by atoms with Gasteiger partial charge in [-0.2, -0.15) is 0 Å². The predicted molar refractivity (Wildman–Crippen MR) is 89.1 cm³/mol. The van der Waals surface area contributed by atoms with Gasteiger partial charge in [0, 0.05) is 6.92 Å². The molecule has 8 nitrogen and oxygen atoms in total. The zero-order chi connectivity index (χ0) is 18.2. The number of nitrogens with zero attached hydrogens (tertiary/aromatic N) is 2. The minimum absolute atomic E-state index is 0.0313. The standard InChI is InChI=1S/C16H16N2O6S/c1-3-22-14(19)9-23-12-6-4-11(5-7-12)8-13(15(20)21)25-16-18-17-10(2)24-16/h4-8H,3,9H2,1-2H3,(H,20,21)/b13-8-. The van der Waals surface area contributed by atoms with Crippen molar-refractivity contribution < 1.29 is 28.6 Å². The van der Waals surface area contributed by atoms with Gasteiger partial charge in [-0.3, -0.25) is 0 Å². The average molecular weight is 364 g/mol. The maximum atomic E-state index is 11.4. The SMILES string of the molecule is CCOC(=O)COc1ccc(/C=C(\Sc2nnc(C)o2)C(=O)O)cc1. The topological polar surface area (TPSA) is 112 Å². The summed E-state index contributed by atoms with van der Waals surface area (Å²) in [7, 11) is 0. The number of benzene rings is 1. The molecule has 1 aromatic heterocycles. The molecular weight excluding hydrogens is 348 g/mol. The molecule has 0 saturated carbocycles. The lowest BCUT2D eigenvalue weighted by atomic mass is 10.2. The Kier molecular flexibility index (Phi) is 6.58. The van der Waals surface area contributed by atoms with E-state index < -0.39 is 11.9 Å². The molecule has 0 saturated heterocycles. The monoisotopic (exact) mass is 364 g/mol. The van der Waals surface area contributed by atoms with Crippen molar-refractivity contribution in [2.45, 2.75) is 19.1 Å². The number of aliphatic carboxylic acids is 1. The lowest BCUT2D eigenvalue weighted by Crippen LogP contribution is -2.14. The van der Waals surface area contributed by atoms with Gasteiger partial charge in [0.1, 0.15) is 10.7 Å². The number of hydrogen-bond acceptors (Lipinski definition) is 8. The van der Waals surface area contributed by atoms with E-state index >= 15 is 0 Å². The van der Waals surface area contributed by atoms with Crippen molar-refractivity contribution >= 4 is 29.8 Å². The number of ether oxygens (including phenoxy) is 2. The van der Waals surface area contributed by atoms with Crippen LogP contribution in [-0.2, 0) is 14.3 Å². The third-order valence-electron chi connectivity index (χ3n) is 2.76. The lowest BCUT2D eigenvalue weighted by molar-refractivity contribution is -0.145. The van der Waals surface area contributed by atoms with E-state index in [-0.39, 0.29) is 16.7 Å². The normalized spacial score (nSPS) is 11.2. The molecule has 0 radical (unpaired) electrons. The fourth-order valence-electron chi connectivity index (χ4n) is 1.71. The van der Waals surface area contributed by atoms with E-state index in [0.29, 0.717) is 23.8 Å². The molecule has 0 aliphatic rings. The highest BCUT2D eigenvalue weighted by Gasteiger charge is 2.14. The van der Waals surface area contributed by atoms with Gasteiger partial charge in [0.05, 0.1) is 6.61 Å². The highest BCUT2D eigenvalue weighted by Crippen LogP contribution is 2.27. The van der Waals surface area contributed by atoms with Crippen LogP contribution in [0, 0.1) is 6.92 Å². The smallest absolute Gasteiger partial charge is 0.344 e.